The molecule has 0 saturated carbocycles. The molecule has 0 amide bonds. The minimum Gasteiger partial charge on any atom is -1.00 e. The fourth-order valence-electron chi connectivity index (χ4n) is 3.74. The van der Waals surface area contributed by atoms with Gasteiger partial charge in [-0.25, -0.2) is 4.57 Å². The van der Waals surface area contributed by atoms with Gasteiger partial charge in [-0.3, -0.25) is 0 Å². The van der Waals surface area contributed by atoms with Crippen LogP contribution in [0.1, 0.15) is 24.9 Å². The Hall–Kier alpha value is -2.07. The number of ether oxygens (including phenoxy) is 1. The van der Waals surface area contributed by atoms with Gasteiger partial charge in [0.2, 0.25) is 0 Å². The molecule has 0 bridgehead atoms. The van der Waals surface area contributed by atoms with Gasteiger partial charge < -0.3 is 21.7 Å². The van der Waals surface area contributed by atoms with E-state index in [-0.39, 0.29) is 17.0 Å². The number of hydrogen-bond acceptors (Lipinski definition) is 1. The highest BCUT2D eigenvalue weighted by molar-refractivity contribution is 5.65. The first-order valence-corrected chi connectivity index (χ1v) is 8.72. The van der Waals surface area contributed by atoms with Crippen molar-refractivity contribution in [2.24, 2.45) is 0 Å². The van der Waals surface area contributed by atoms with Gasteiger partial charge in [0.15, 0.2) is 5.69 Å². The zero-order chi connectivity index (χ0) is 16.5. The van der Waals surface area contributed by atoms with Gasteiger partial charge in [-0.2, -0.15) is 4.57 Å². The second-order valence-corrected chi connectivity index (χ2v) is 6.23. The van der Waals surface area contributed by atoms with Crippen molar-refractivity contribution < 1.29 is 26.3 Å². The van der Waals surface area contributed by atoms with Crippen LogP contribution in [0.3, 0.4) is 0 Å². The fourth-order valence-corrected chi connectivity index (χ4v) is 3.74. The van der Waals surface area contributed by atoms with Gasteiger partial charge in [0, 0.05) is 12.5 Å². The first kappa shape index (κ1) is 17.7. The molecule has 2 aromatic carbocycles. The molecule has 130 valence electrons. The van der Waals surface area contributed by atoms with E-state index >= 15 is 0 Å². The number of para-hydroxylation sites is 1. The Morgan fingerprint density at radius 3 is 2.44 bits per heavy atom. The van der Waals surface area contributed by atoms with Crippen molar-refractivity contribution in [3.8, 4) is 22.7 Å². The molecule has 3 nitrogen and oxygen atoms in total. The minimum absolute atomic E-state index is 0. The second kappa shape index (κ2) is 7.44. The standard InChI is InChI=1S/C21H23N2O.BrH/c1-3-24-19-13-11-17(12-14-19)21-16(2)22-15-7-10-20(22)23(21)18-8-5-4-6-9-18;/h4-6,8-9,11-14H,3,7,10,15H2,1-2H3;1H/q+1;/p-1. The van der Waals surface area contributed by atoms with E-state index in [2.05, 4.69) is 70.7 Å². The van der Waals surface area contributed by atoms with Gasteiger partial charge in [0.25, 0.3) is 5.82 Å². The third-order valence-corrected chi connectivity index (χ3v) is 4.78. The van der Waals surface area contributed by atoms with Crippen LogP contribution in [-0.2, 0) is 13.0 Å². The number of rotatable bonds is 4. The number of aromatic nitrogens is 2. The Balaban J connectivity index is 0.00000182. The number of fused-ring (bicyclic) bond motifs is 1. The molecular formula is C21H23BrN2O. The van der Waals surface area contributed by atoms with Crippen LogP contribution in [0.2, 0.25) is 0 Å². The molecule has 1 aromatic heterocycles. The van der Waals surface area contributed by atoms with Gasteiger partial charge in [-0.05, 0) is 49.7 Å². The van der Waals surface area contributed by atoms with Crippen LogP contribution < -0.4 is 26.3 Å². The molecule has 3 aromatic rings. The highest BCUT2D eigenvalue weighted by Crippen LogP contribution is 2.31. The van der Waals surface area contributed by atoms with E-state index in [4.69, 9.17) is 4.74 Å². The Morgan fingerprint density at radius 2 is 1.76 bits per heavy atom. The van der Waals surface area contributed by atoms with Gasteiger partial charge in [-0.15, -0.1) is 0 Å². The molecule has 0 N–H and O–H groups in total. The van der Waals surface area contributed by atoms with Crippen molar-refractivity contribution in [2.45, 2.75) is 33.2 Å². The van der Waals surface area contributed by atoms with Crippen LogP contribution >= 0.6 is 0 Å². The molecule has 1 aliphatic rings. The summed E-state index contributed by atoms with van der Waals surface area (Å²) in [5.41, 5.74) is 5.11. The molecule has 2 heterocycles. The average Bonchev–Trinajstić information content (AvgIpc) is 3.19. The van der Waals surface area contributed by atoms with Gasteiger partial charge >= 0.3 is 0 Å². The maximum atomic E-state index is 5.59. The lowest BCUT2D eigenvalue weighted by Gasteiger charge is -2.07. The van der Waals surface area contributed by atoms with Crippen molar-refractivity contribution >= 4 is 0 Å². The molecular weight excluding hydrogens is 376 g/mol. The number of halogens is 1. The van der Waals surface area contributed by atoms with Gasteiger partial charge in [0.1, 0.15) is 17.1 Å². The van der Waals surface area contributed by atoms with Crippen LogP contribution in [0.5, 0.6) is 5.75 Å². The molecule has 0 aliphatic carbocycles. The maximum absolute atomic E-state index is 5.59. The largest absolute Gasteiger partial charge is 1.00 e. The first-order chi connectivity index (χ1) is 11.8. The normalized spacial score (nSPS) is 12.6. The van der Waals surface area contributed by atoms with Crippen LogP contribution in [0, 0.1) is 6.92 Å². The van der Waals surface area contributed by atoms with Crippen LogP contribution in [-0.4, -0.2) is 11.2 Å². The lowest BCUT2D eigenvalue weighted by Crippen LogP contribution is -3.00. The molecule has 0 unspecified atom stereocenters. The second-order valence-electron chi connectivity index (χ2n) is 6.23. The maximum Gasteiger partial charge on any atom is 0.262 e. The molecule has 0 spiro atoms. The van der Waals surface area contributed by atoms with Gasteiger partial charge in [-0.1, -0.05) is 18.2 Å². The summed E-state index contributed by atoms with van der Waals surface area (Å²) >= 11 is 0. The lowest BCUT2D eigenvalue weighted by molar-refractivity contribution is -0.695. The molecule has 0 radical (unpaired) electrons. The van der Waals surface area contributed by atoms with Crippen molar-refractivity contribution in [3.63, 3.8) is 0 Å². The quantitative estimate of drug-likeness (QED) is 0.601. The van der Waals surface area contributed by atoms with E-state index in [9.17, 15) is 0 Å². The Labute approximate surface area is 159 Å². The SMILES string of the molecule is CCOc1ccc(-c2c(C)[n+]3c(n2-c2ccccc2)CCC3)cc1.[Br-]. The summed E-state index contributed by atoms with van der Waals surface area (Å²) in [5.74, 6) is 2.33. The summed E-state index contributed by atoms with van der Waals surface area (Å²) in [4.78, 5) is 0. The third-order valence-electron chi connectivity index (χ3n) is 4.78. The number of imidazole rings is 1. The Bertz CT molecular complexity index is 854. The summed E-state index contributed by atoms with van der Waals surface area (Å²) < 4.78 is 10.5. The summed E-state index contributed by atoms with van der Waals surface area (Å²) in [6.07, 6.45) is 2.36. The van der Waals surface area contributed by atoms with Crippen molar-refractivity contribution in [2.75, 3.05) is 6.61 Å². The highest BCUT2D eigenvalue weighted by atomic mass is 79.9. The van der Waals surface area contributed by atoms with E-state index in [0.29, 0.717) is 6.61 Å². The fraction of sp³-hybridized carbons (Fsp3) is 0.286. The van der Waals surface area contributed by atoms with E-state index in [1.807, 2.05) is 6.92 Å². The summed E-state index contributed by atoms with van der Waals surface area (Å²) in [5, 5.41) is 0. The number of hydrogen-bond donors (Lipinski definition) is 0. The molecule has 4 rings (SSSR count). The first-order valence-electron chi connectivity index (χ1n) is 8.72. The summed E-state index contributed by atoms with van der Waals surface area (Å²) in [7, 11) is 0. The van der Waals surface area contributed by atoms with Crippen molar-refractivity contribution in [1.29, 1.82) is 0 Å². The number of benzene rings is 2. The Morgan fingerprint density at radius 1 is 1.04 bits per heavy atom. The molecule has 25 heavy (non-hydrogen) atoms. The smallest absolute Gasteiger partial charge is 0.262 e. The highest BCUT2D eigenvalue weighted by Gasteiger charge is 2.33. The molecule has 0 fully saturated rings. The zero-order valence-corrected chi connectivity index (χ0v) is 16.3. The third kappa shape index (κ3) is 3.11. The van der Waals surface area contributed by atoms with Gasteiger partial charge in [0.05, 0.1) is 19.6 Å². The topological polar surface area (TPSA) is 18.0 Å². The minimum atomic E-state index is 0. The predicted molar refractivity (Wildman–Crippen MR) is 95.6 cm³/mol. The molecule has 1 aliphatic heterocycles. The number of nitrogens with zero attached hydrogens (tertiary/aromatic N) is 2. The van der Waals surface area contributed by atoms with Crippen molar-refractivity contribution in [3.05, 3.63) is 66.1 Å². The van der Waals surface area contributed by atoms with E-state index in [1.165, 1.54) is 34.9 Å². The van der Waals surface area contributed by atoms with Crippen molar-refractivity contribution in [1.82, 2.24) is 4.57 Å². The molecule has 4 heteroatoms. The van der Waals surface area contributed by atoms with E-state index in [0.717, 1.165) is 18.7 Å². The summed E-state index contributed by atoms with van der Waals surface area (Å²) in [6, 6.07) is 19.1. The zero-order valence-electron chi connectivity index (χ0n) is 14.7. The van der Waals surface area contributed by atoms with Crippen LogP contribution in [0.25, 0.3) is 16.9 Å². The average molecular weight is 399 g/mol. The van der Waals surface area contributed by atoms with Crippen LogP contribution in [0.15, 0.2) is 54.6 Å². The molecule has 0 atom stereocenters. The van der Waals surface area contributed by atoms with E-state index < -0.39 is 0 Å². The lowest BCUT2D eigenvalue weighted by atomic mass is 10.1. The summed E-state index contributed by atoms with van der Waals surface area (Å²) in [6.45, 7) is 6.06. The van der Waals surface area contributed by atoms with Crippen LogP contribution in [0.4, 0.5) is 0 Å². The molecule has 0 saturated heterocycles. The van der Waals surface area contributed by atoms with E-state index in [1.54, 1.807) is 0 Å². The predicted octanol–water partition coefficient (Wildman–Crippen LogP) is 1.09. The monoisotopic (exact) mass is 398 g/mol. The Kier molecular flexibility index (Phi) is 5.28.